The van der Waals surface area contributed by atoms with Gasteiger partial charge in [0.1, 0.15) is 5.75 Å². The molecule has 1 saturated carbocycles. The average Bonchev–Trinajstić information content (AvgIpc) is 2.98. The highest BCUT2D eigenvalue weighted by molar-refractivity contribution is 9.09. The maximum atomic E-state index is 12.6. The number of methoxy groups -OCH3 is 1. The Morgan fingerprint density at radius 3 is 2.47 bits per heavy atom. The number of carbonyl (C=O) groups excluding carboxylic acids is 1. The number of alkyl halides is 1. The molecule has 1 aromatic rings. The minimum atomic E-state index is 0.133. The first kappa shape index (κ1) is 14.4. The summed E-state index contributed by atoms with van der Waals surface area (Å²) in [4.78, 5) is 14.6. The average molecular weight is 326 g/mol. The fourth-order valence-electron chi connectivity index (χ4n) is 2.66. The van der Waals surface area contributed by atoms with Crippen LogP contribution in [-0.2, 0) is 0 Å². The molecule has 0 spiro atoms. The molecule has 1 aliphatic rings. The molecule has 4 heteroatoms. The Balaban J connectivity index is 2.12. The van der Waals surface area contributed by atoms with Crippen molar-refractivity contribution in [1.82, 2.24) is 4.90 Å². The molecule has 104 valence electrons. The van der Waals surface area contributed by atoms with Crippen LogP contribution in [0.3, 0.4) is 0 Å². The molecule has 1 fully saturated rings. The van der Waals surface area contributed by atoms with Gasteiger partial charge in [-0.2, -0.15) is 0 Å². The second-order valence-electron chi connectivity index (χ2n) is 4.85. The summed E-state index contributed by atoms with van der Waals surface area (Å²) in [6, 6.07) is 7.78. The molecule has 0 bridgehead atoms. The number of amides is 1. The zero-order chi connectivity index (χ0) is 13.7. The third kappa shape index (κ3) is 3.50. The summed E-state index contributed by atoms with van der Waals surface area (Å²) >= 11 is 3.45. The highest BCUT2D eigenvalue weighted by atomic mass is 79.9. The quantitative estimate of drug-likeness (QED) is 0.776. The number of hydrogen-bond acceptors (Lipinski definition) is 2. The lowest BCUT2D eigenvalue weighted by atomic mass is 10.1. The number of hydrogen-bond donors (Lipinski definition) is 0. The first-order chi connectivity index (χ1) is 9.26. The van der Waals surface area contributed by atoms with Gasteiger partial charge in [-0.1, -0.05) is 28.8 Å². The molecule has 2 rings (SSSR count). The number of carbonyl (C=O) groups is 1. The maximum absolute atomic E-state index is 12.6. The van der Waals surface area contributed by atoms with Crippen molar-refractivity contribution in [1.29, 1.82) is 0 Å². The molecular weight excluding hydrogens is 306 g/mol. The van der Waals surface area contributed by atoms with Gasteiger partial charge in [0.15, 0.2) is 0 Å². The van der Waals surface area contributed by atoms with Crippen LogP contribution in [0.2, 0.25) is 0 Å². The lowest BCUT2D eigenvalue weighted by Crippen LogP contribution is -2.40. The van der Waals surface area contributed by atoms with Crippen LogP contribution in [0.15, 0.2) is 24.3 Å². The molecule has 1 amide bonds. The largest absolute Gasteiger partial charge is 0.497 e. The van der Waals surface area contributed by atoms with Gasteiger partial charge in [0.25, 0.3) is 5.91 Å². The van der Waals surface area contributed by atoms with Crippen LogP contribution in [0.4, 0.5) is 0 Å². The molecule has 0 heterocycles. The van der Waals surface area contributed by atoms with Gasteiger partial charge in [-0.15, -0.1) is 0 Å². The van der Waals surface area contributed by atoms with Crippen LogP contribution in [0.5, 0.6) is 5.75 Å². The molecule has 0 saturated heterocycles. The van der Waals surface area contributed by atoms with Gasteiger partial charge in [0.05, 0.1) is 7.11 Å². The predicted molar refractivity (Wildman–Crippen MR) is 80.1 cm³/mol. The van der Waals surface area contributed by atoms with Crippen molar-refractivity contribution in [3.8, 4) is 5.75 Å². The smallest absolute Gasteiger partial charge is 0.254 e. The Bertz CT molecular complexity index is 413. The Kier molecular flexibility index (Phi) is 5.25. The van der Waals surface area contributed by atoms with E-state index in [4.69, 9.17) is 4.74 Å². The van der Waals surface area contributed by atoms with E-state index in [1.165, 1.54) is 12.8 Å². The van der Waals surface area contributed by atoms with Crippen LogP contribution in [0, 0.1) is 0 Å². The van der Waals surface area contributed by atoms with E-state index in [-0.39, 0.29) is 5.91 Å². The van der Waals surface area contributed by atoms with Gasteiger partial charge >= 0.3 is 0 Å². The van der Waals surface area contributed by atoms with Crippen molar-refractivity contribution in [3.63, 3.8) is 0 Å². The van der Waals surface area contributed by atoms with E-state index in [1.54, 1.807) is 7.11 Å². The van der Waals surface area contributed by atoms with Crippen LogP contribution >= 0.6 is 15.9 Å². The summed E-state index contributed by atoms with van der Waals surface area (Å²) in [5.41, 5.74) is 0.744. The Morgan fingerprint density at radius 1 is 1.32 bits per heavy atom. The van der Waals surface area contributed by atoms with E-state index in [0.29, 0.717) is 6.04 Å². The molecular formula is C15H20BrNO2. The standard InChI is InChI=1S/C15H20BrNO2/c1-19-14-8-6-12(7-9-14)15(18)17(11-10-16)13-4-2-3-5-13/h6-9,13H,2-5,10-11H2,1H3. The lowest BCUT2D eigenvalue weighted by Gasteiger charge is -2.28. The number of halogens is 1. The molecule has 0 aromatic heterocycles. The summed E-state index contributed by atoms with van der Waals surface area (Å²) in [6.45, 7) is 0.773. The van der Waals surface area contributed by atoms with E-state index in [1.807, 2.05) is 29.2 Å². The molecule has 0 unspecified atom stereocenters. The van der Waals surface area contributed by atoms with Crippen LogP contribution < -0.4 is 4.74 Å². The zero-order valence-electron chi connectivity index (χ0n) is 11.3. The van der Waals surface area contributed by atoms with Gasteiger partial charge in [0, 0.05) is 23.5 Å². The van der Waals surface area contributed by atoms with E-state index in [9.17, 15) is 4.79 Å². The van der Waals surface area contributed by atoms with E-state index in [2.05, 4.69) is 15.9 Å². The highest BCUT2D eigenvalue weighted by Gasteiger charge is 2.26. The van der Waals surface area contributed by atoms with Crippen LogP contribution in [0.25, 0.3) is 0 Å². The Labute approximate surface area is 123 Å². The predicted octanol–water partition coefficient (Wildman–Crippen LogP) is 3.47. The summed E-state index contributed by atoms with van der Waals surface area (Å²) < 4.78 is 5.12. The third-order valence-electron chi connectivity index (χ3n) is 3.69. The molecule has 1 aromatic carbocycles. The van der Waals surface area contributed by atoms with Gasteiger partial charge in [-0.05, 0) is 37.1 Å². The van der Waals surface area contributed by atoms with E-state index < -0.39 is 0 Å². The van der Waals surface area contributed by atoms with E-state index >= 15 is 0 Å². The lowest BCUT2D eigenvalue weighted by molar-refractivity contribution is 0.0696. The third-order valence-corrected chi connectivity index (χ3v) is 4.04. The number of benzene rings is 1. The minimum absolute atomic E-state index is 0.133. The number of nitrogens with zero attached hydrogens (tertiary/aromatic N) is 1. The van der Waals surface area contributed by atoms with Gasteiger partial charge in [-0.3, -0.25) is 4.79 Å². The van der Waals surface area contributed by atoms with Crippen molar-refractivity contribution in [2.75, 3.05) is 19.0 Å². The van der Waals surface area contributed by atoms with E-state index in [0.717, 1.165) is 36.0 Å². The summed E-state index contributed by atoms with van der Waals surface area (Å²) in [5, 5.41) is 0.825. The van der Waals surface area contributed by atoms with Crippen LogP contribution in [0.1, 0.15) is 36.0 Å². The molecule has 3 nitrogen and oxygen atoms in total. The van der Waals surface area contributed by atoms with Crippen molar-refractivity contribution < 1.29 is 9.53 Å². The second-order valence-corrected chi connectivity index (χ2v) is 5.65. The topological polar surface area (TPSA) is 29.5 Å². The summed E-state index contributed by atoms with van der Waals surface area (Å²) in [5.74, 6) is 0.915. The summed E-state index contributed by atoms with van der Waals surface area (Å²) in [7, 11) is 1.63. The normalized spacial score (nSPS) is 15.5. The molecule has 0 aliphatic heterocycles. The van der Waals surface area contributed by atoms with Crippen molar-refractivity contribution >= 4 is 21.8 Å². The fourth-order valence-corrected chi connectivity index (χ4v) is 3.04. The van der Waals surface area contributed by atoms with Crippen molar-refractivity contribution in [3.05, 3.63) is 29.8 Å². The number of ether oxygens (including phenoxy) is 1. The first-order valence-electron chi connectivity index (χ1n) is 6.77. The Morgan fingerprint density at radius 2 is 1.95 bits per heavy atom. The first-order valence-corrected chi connectivity index (χ1v) is 7.89. The Hall–Kier alpha value is -1.03. The minimum Gasteiger partial charge on any atom is -0.497 e. The maximum Gasteiger partial charge on any atom is 0.254 e. The molecule has 0 atom stereocenters. The highest BCUT2D eigenvalue weighted by Crippen LogP contribution is 2.25. The molecule has 0 N–H and O–H groups in total. The SMILES string of the molecule is COc1ccc(C(=O)N(CCBr)C2CCCC2)cc1. The van der Waals surface area contributed by atoms with Gasteiger partial charge in [0.2, 0.25) is 0 Å². The van der Waals surface area contributed by atoms with Gasteiger partial charge < -0.3 is 9.64 Å². The molecule has 19 heavy (non-hydrogen) atoms. The molecule has 0 radical (unpaired) electrons. The van der Waals surface area contributed by atoms with Gasteiger partial charge in [-0.25, -0.2) is 0 Å². The fraction of sp³-hybridized carbons (Fsp3) is 0.533. The van der Waals surface area contributed by atoms with Crippen molar-refractivity contribution in [2.45, 2.75) is 31.7 Å². The second kappa shape index (κ2) is 6.94. The monoisotopic (exact) mass is 325 g/mol. The van der Waals surface area contributed by atoms with Crippen LogP contribution in [-0.4, -0.2) is 35.8 Å². The molecule has 1 aliphatic carbocycles. The number of rotatable bonds is 5. The van der Waals surface area contributed by atoms with Crippen molar-refractivity contribution in [2.24, 2.45) is 0 Å². The summed E-state index contributed by atoms with van der Waals surface area (Å²) in [6.07, 6.45) is 4.74. The zero-order valence-corrected chi connectivity index (χ0v) is 12.9.